The molecule has 1 aromatic carbocycles. The molecule has 4 nitrogen and oxygen atoms in total. The molecule has 0 saturated carbocycles. The summed E-state index contributed by atoms with van der Waals surface area (Å²) in [4.78, 5) is 13.8. The van der Waals surface area contributed by atoms with Gasteiger partial charge in [0.15, 0.2) is 5.82 Å². The third-order valence-corrected chi connectivity index (χ3v) is 3.61. The molecule has 0 fully saturated rings. The van der Waals surface area contributed by atoms with Crippen LogP contribution in [0.5, 0.6) is 0 Å². The van der Waals surface area contributed by atoms with Crippen molar-refractivity contribution < 1.29 is 9.31 Å². The van der Waals surface area contributed by atoms with Gasteiger partial charge in [-0.25, -0.2) is 9.37 Å². The van der Waals surface area contributed by atoms with Gasteiger partial charge in [0.2, 0.25) is 0 Å². The van der Waals surface area contributed by atoms with Gasteiger partial charge in [-0.15, -0.1) is 0 Å². The van der Waals surface area contributed by atoms with E-state index in [2.05, 4.69) is 20.9 Å². The summed E-state index contributed by atoms with van der Waals surface area (Å²) in [6, 6.07) is 1.26. The summed E-state index contributed by atoms with van der Waals surface area (Å²) in [7, 11) is 0. The third kappa shape index (κ3) is 1.87. The fourth-order valence-corrected chi connectivity index (χ4v) is 2.29. The van der Waals surface area contributed by atoms with Gasteiger partial charge in [-0.05, 0) is 18.6 Å². The third-order valence-electron chi connectivity index (χ3n) is 2.41. The van der Waals surface area contributed by atoms with Gasteiger partial charge < -0.3 is 0 Å². The molecule has 0 amide bonds. The maximum absolute atomic E-state index is 13.6. The van der Waals surface area contributed by atoms with Crippen molar-refractivity contribution in [2.45, 2.75) is 6.92 Å². The minimum absolute atomic E-state index is 0.0290. The summed E-state index contributed by atoms with van der Waals surface area (Å²) in [5.41, 5.74) is 0.309. The monoisotopic (exact) mass is 318 g/mol. The quantitative estimate of drug-likeness (QED) is 0.589. The first-order chi connectivity index (χ1) is 7.93. The zero-order valence-electron chi connectivity index (χ0n) is 8.50. The van der Waals surface area contributed by atoms with Gasteiger partial charge in [0, 0.05) is 9.86 Å². The van der Waals surface area contributed by atoms with Crippen LogP contribution < -0.4 is 0 Å². The Bertz CT molecular complexity index is 648. The number of nitro groups is 1. The van der Waals surface area contributed by atoms with Crippen LogP contribution in [0.2, 0.25) is 5.02 Å². The molecule has 2 rings (SSSR count). The van der Waals surface area contributed by atoms with E-state index in [-0.39, 0.29) is 21.6 Å². The highest BCUT2D eigenvalue weighted by atomic mass is 79.9. The van der Waals surface area contributed by atoms with Gasteiger partial charge >= 0.3 is 5.69 Å². The summed E-state index contributed by atoms with van der Waals surface area (Å²) in [5.74, 6) is -0.575. The van der Waals surface area contributed by atoms with Gasteiger partial charge in [-0.2, -0.15) is 0 Å². The summed E-state index contributed by atoms with van der Waals surface area (Å²) in [6.07, 6.45) is 0.959. The summed E-state index contributed by atoms with van der Waals surface area (Å²) in [5, 5.41) is 10.9. The van der Waals surface area contributed by atoms with Crippen molar-refractivity contribution in [3.05, 3.63) is 43.3 Å². The fourth-order valence-electron chi connectivity index (χ4n) is 1.54. The number of rotatable bonds is 1. The van der Waals surface area contributed by atoms with Crippen molar-refractivity contribution in [3.8, 4) is 0 Å². The van der Waals surface area contributed by atoms with Crippen LogP contribution in [0.4, 0.5) is 10.1 Å². The smallest absolute Gasteiger partial charge is 0.258 e. The molecule has 0 N–H and O–H groups in total. The van der Waals surface area contributed by atoms with E-state index in [1.54, 1.807) is 6.92 Å². The first-order valence-electron chi connectivity index (χ1n) is 4.50. The topological polar surface area (TPSA) is 56.0 Å². The Labute approximate surface area is 109 Å². The molecule has 1 heterocycles. The Kier molecular flexibility index (Phi) is 3.01. The standard InChI is InChI=1S/C10H5BrClFN2O2/c1-4-5(11)2-6(13)10-8(4)9(12)7(3-14-10)15(16)17/h2-3H,1H3. The van der Waals surface area contributed by atoms with E-state index in [0.29, 0.717) is 10.0 Å². The van der Waals surface area contributed by atoms with Crippen molar-refractivity contribution in [2.24, 2.45) is 0 Å². The molecule has 0 spiro atoms. The molecule has 0 atom stereocenters. The van der Waals surface area contributed by atoms with E-state index >= 15 is 0 Å². The molecule has 0 aliphatic heterocycles. The lowest BCUT2D eigenvalue weighted by molar-refractivity contribution is -0.384. The normalized spacial score (nSPS) is 10.8. The lowest BCUT2D eigenvalue weighted by Crippen LogP contribution is -1.95. The Morgan fingerprint density at radius 1 is 1.59 bits per heavy atom. The molecule has 0 unspecified atom stereocenters. The van der Waals surface area contributed by atoms with Crippen LogP contribution in [-0.4, -0.2) is 9.91 Å². The Morgan fingerprint density at radius 3 is 2.82 bits per heavy atom. The lowest BCUT2D eigenvalue weighted by Gasteiger charge is -2.07. The average Bonchev–Trinajstić information content (AvgIpc) is 2.25. The van der Waals surface area contributed by atoms with Crippen molar-refractivity contribution >= 4 is 44.1 Å². The molecule has 88 valence electrons. The summed E-state index contributed by atoms with van der Waals surface area (Å²) >= 11 is 9.08. The molecule has 17 heavy (non-hydrogen) atoms. The van der Waals surface area contributed by atoms with Crippen LogP contribution in [0.25, 0.3) is 10.9 Å². The zero-order chi connectivity index (χ0) is 12.7. The Balaban J connectivity index is 2.98. The average molecular weight is 320 g/mol. The van der Waals surface area contributed by atoms with Crippen LogP contribution >= 0.6 is 27.5 Å². The van der Waals surface area contributed by atoms with Crippen molar-refractivity contribution in [3.63, 3.8) is 0 Å². The minimum atomic E-state index is -0.646. The van der Waals surface area contributed by atoms with E-state index in [1.807, 2.05) is 0 Å². The first-order valence-corrected chi connectivity index (χ1v) is 5.67. The van der Waals surface area contributed by atoms with Gasteiger partial charge in [-0.1, -0.05) is 27.5 Å². The minimum Gasteiger partial charge on any atom is -0.258 e. The maximum atomic E-state index is 13.6. The lowest BCUT2D eigenvalue weighted by atomic mass is 10.1. The number of hydrogen-bond acceptors (Lipinski definition) is 3. The Hall–Kier alpha value is -1.27. The highest BCUT2D eigenvalue weighted by Crippen LogP contribution is 2.36. The van der Waals surface area contributed by atoms with Crippen molar-refractivity contribution in [1.29, 1.82) is 0 Å². The van der Waals surface area contributed by atoms with Crippen molar-refractivity contribution in [1.82, 2.24) is 4.98 Å². The molecular weight excluding hydrogens is 314 g/mol. The Morgan fingerprint density at radius 2 is 2.24 bits per heavy atom. The van der Waals surface area contributed by atoms with E-state index < -0.39 is 10.7 Å². The van der Waals surface area contributed by atoms with Crippen LogP contribution in [-0.2, 0) is 0 Å². The molecule has 7 heteroatoms. The highest BCUT2D eigenvalue weighted by molar-refractivity contribution is 9.10. The molecular formula is C10H5BrClFN2O2. The maximum Gasteiger partial charge on any atom is 0.306 e. The molecule has 0 bridgehead atoms. The summed E-state index contributed by atoms with van der Waals surface area (Å²) in [6.45, 7) is 1.68. The summed E-state index contributed by atoms with van der Waals surface area (Å²) < 4.78 is 14.1. The van der Waals surface area contributed by atoms with Crippen LogP contribution in [0.3, 0.4) is 0 Å². The second-order valence-electron chi connectivity index (χ2n) is 3.40. The fraction of sp³-hybridized carbons (Fsp3) is 0.100. The SMILES string of the molecule is Cc1c(Br)cc(F)c2ncc([N+](=O)[O-])c(Cl)c12. The number of halogens is 3. The number of nitrogens with zero attached hydrogens (tertiary/aromatic N) is 2. The number of benzene rings is 1. The van der Waals surface area contributed by atoms with E-state index in [9.17, 15) is 14.5 Å². The first kappa shape index (κ1) is 12.2. The number of fused-ring (bicyclic) bond motifs is 1. The van der Waals surface area contributed by atoms with Gasteiger partial charge in [0.1, 0.15) is 16.7 Å². The molecule has 0 saturated heterocycles. The van der Waals surface area contributed by atoms with E-state index in [0.717, 1.165) is 6.20 Å². The highest BCUT2D eigenvalue weighted by Gasteiger charge is 2.20. The van der Waals surface area contributed by atoms with Crippen LogP contribution in [0, 0.1) is 22.9 Å². The second-order valence-corrected chi connectivity index (χ2v) is 4.64. The van der Waals surface area contributed by atoms with Gasteiger partial charge in [-0.3, -0.25) is 10.1 Å². The number of hydrogen-bond donors (Lipinski definition) is 0. The zero-order valence-corrected chi connectivity index (χ0v) is 10.8. The van der Waals surface area contributed by atoms with Crippen molar-refractivity contribution in [2.75, 3.05) is 0 Å². The van der Waals surface area contributed by atoms with Crippen LogP contribution in [0.15, 0.2) is 16.7 Å². The largest absolute Gasteiger partial charge is 0.306 e. The van der Waals surface area contributed by atoms with Gasteiger partial charge in [0.05, 0.1) is 4.92 Å². The number of aromatic nitrogens is 1. The predicted molar refractivity (Wildman–Crippen MR) is 65.8 cm³/mol. The van der Waals surface area contributed by atoms with E-state index in [1.165, 1.54) is 6.07 Å². The molecule has 1 aromatic heterocycles. The predicted octanol–water partition coefficient (Wildman–Crippen LogP) is 4.01. The number of pyridine rings is 1. The second kappa shape index (κ2) is 4.19. The molecule has 0 aliphatic rings. The molecule has 2 aromatic rings. The van der Waals surface area contributed by atoms with Crippen LogP contribution in [0.1, 0.15) is 5.56 Å². The molecule has 0 aliphatic carbocycles. The van der Waals surface area contributed by atoms with Gasteiger partial charge in [0.25, 0.3) is 0 Å². The molecule has 0 radical (unpaired) electrons. The van der Waals surface area contributed by atoms with E-state index in [4.69, 9.17) is 11.6 Å². The number of aryl methyl sites for hydroxylation is 1.